The Kier molecular flexibility index (Phi) is 9.59. The molecule has 0 saturated heterocycles. The fourth-order valence-corrected chi connectivity index (χ4v) is 4.51. The Hall–Kier alpha value is -3.25. The molecule has 1 aliphatic rings. The largest absolute Gasteiger partial charge is 0.490 e. The molecule has 0 spiro atoms. The third kappa shape index (κ3) is 7.14. The second-order valence-corrected chi connectivity index (χ2v) is 8.92. The quantitative estimate of drug-likeness (QED) is 0.320. The van der Waals surface area contributed by atoms with Gasteiger partial charge in [0.25, 0.3) is 0 Å². The van der Waals surface area contributed by atoms with E-state index >= 15 is 0 Å². The third-order valence-electron chi connectivity index (χ3n) is 5.42. The van der Waals surface area contributed by atoms with Crippen molar-refractivity contribution in [3.8, 4) is 11.3 Å². The van der Waals surface area contributed by atoms with Crippen LogP contribution in [-0.4, -0.2) is 57.7 Å². The summed E-state index contributed by atoms with van der Waals surface area (Å²) in [6, 6.07) is 6.25. The van der Waals surface area contributed by atoms with Gasteiger partial charge in [0.1, 0.15) is 5.69 Å². The summed E-state index contributed by atoms with van der Waals surface area (Å²) in [6.45, 7) is 4.74. The number of fused-ring (bicyclic) bond motifs is 3. The highest BCUT2D eigenvalue weighted by Gasteiger charge is 2.38. The Morgan fingerprint density at radius 2 is 2.03 bits per heavy atom. The fraction of sp³-hybridized carbons (Fsp3) is 0.417. The maximum atomic E-state index is 12.7. The van der Waals surface area contributed by atoms with Crippen molar-refractivity contribution in [2.75, 3.05) is 19.7 Å². The Morgan fingerprint density at radius 1 is 1.25 bits per heavy atom. The zero-order valence-corrected chi connectivity index (χ0v) is 20.5. The molecule has 0 amide bonds. The number of aryl methyl sites for hydroxylation is 2. The molecule has 2 N–H and O–H groups in total. The summed E-state index contributed by atoms with van der Waals surface area (Å²) in [5, 5.41) is 17.5. The van der Waals surface area contributed by atoms with Gasteiger partial charge in [-0.1, -0.05) is 6.07 Å². The Labute approximate surface area is 210 Å². The van der Waals surface area contributed by atoms with Gasteiger partial charge < -0.3 is 15.2 Å². The molecule has 194 valence electrons. The van der Waals surface area contributed by atoms with Crippen LogP contribution in [0.3, 0.4) is 0 Å². The van der Waals surface area contributed by atoms with Gasteiger partial charge in [-0.2, -0.15) is 18.3 Å². The number of halogens is 3. The summed E-state index contributed by atoms with van der Waals surface area (Å²) in [5.41, 5.74) is 4.80. The number of aromatic nitrogens is 3. The summed E-state index contributed by atoms with van der Waals surface area (Å²) >= 11 is 1.79. The first kappa shape index (κ1) is 27.3. The van der Waals surface area contributed by atoms with Crippen molar-refractivity contribution in [2.24, 2.45) is 0 Å². The van der Waals surface area contributed by atoms with Gasteiger partial charge in [-0.3, -0.25) is 9.67 Å². The number of thiophene rings is 1. The third-order valence-corrected chi connectivity index (χ3v) is 6.35. The number of aliphatic carboxylic acids is 1. The average molecular weight is 525 g/mol. The van der Waals surface area contributed by atoms with Crippen LogP contribution in [0, 0.1) is 0 Å². The minimum Gasteiger partial charge on any atom is -0.475 e. The van der Waals surface area contributed by atoms with Gasteiger partial charge in [-0.15, -0.1) is 11.3 Å². The van der Waals surface area contributed by atoms with Crippen molar-refractivity contribution in [1.82, 2.24) is 20.1 Å². The van der Waals surface area contributed by atoms with Gasteiger partial charge in [0, 0.05) is 34.9 Å². The van der Waals surface area contributed by atoms with Crippen LogP contribution in [0.5, 0.6) is 0 Å². The number of carboxylic acid groups (broad SMARTS) is 1. The molecule has 3 aromatic rings. The number of alkyl halides is 3. The van der Waals surface area contributed by atoms with E-state index in [4.69, 9.17) is 19.7 Å². The van der Waals surface area contributed by atoms with E-state index in [1.54, 1.807) is 17.5 Å². The minimum atomic E-state index is -5.08. The molecule has 0 bridgehead atoms. The zero-order valence-electron chi connectivity index (χ0n) is 19.7. The standard InChI is InChI=1S/C22H26N4O2S.C2HF3O2/c1-2-28-22(27)21-19-7-6-16-15-24-12-9-18(16)20(19)25-26(21)13-4-10-23-11-8-17-5-3-14-29-17;3-2(4,5)1(6)7/h3,5,9,12,14-15,23H,2,4,6-8,10-11,13H2,1H3;(H,6,7). The van der Waals surface area contributed by atoms with Gasteiger partial charge in [0.05, 0.1) is 12.3 Å². The number of carboxylic acids is 1. The number of carbonyl (C=O) groups excluding carboxylic acids is 1. The number of esters is 1. The van der Waals surface area contributed by atoms with Crippen LogP contribution >= 0.6 is 11.3 Å². The summed E-state index contributed by atoms with van der Waals surface area (Å²) < 4.78 is 38.9. The smallest absolute Gasteiger partial charge is 0.475 e. The van der Waals surface area contributed by atoms with Gasteiger partial charge in [-0.05, 0) is 68.8 Å². The van der Waals surface area contributed by atoms with Crippen molar-refractivity contribution < 1.29 is 32.6 Å². The highest BCUT2D eigenvalue weighted by Crippen LogP contribution is 2.34. The van der Waals surface area contributed by atoms with E-state index < -0.39 is 12.1 Å². The summed E-state index contributed by atoms with van der Waals surface area (Å²) in [4.78, 5) is 27.2. The molecule has 0 fully saturated rings. The Bertz CT molecular complexity index is 1160. The van der Waals surface area contributed by atoms with Gasteiger partial charge in [-0.25, -0.2) is 9.59 Å². The number of hydrogen-bond donors (Lipinski definition) is 2. The number of nitrogens with zero attached hydrogens (tertiary/aromatic N) is 3. The molecular formula is C24H27F3N4O4S. The molecule has 3 aromatic heterocycles. The summed E-state index contributed by atoms with van der Waals surface area (Å²) in [6.07, 6.45) is 2.22. The highest BCUT2D eigenvalue weighted by molar-refractivity contribution is 7.09. The van der Waals surface area contributed by atoms with Gasteiger partial charge >= 0.3 is 18.1 Å². The number of hydrogen-bond acceptors (Lipinski definition) is 7. The Balaban J connectivity index is 0.000000454. The summed E-state index contributed by atoms with van der Waals surface area (Å²) in [7, 11) is 0. The van der Waals surface area contributed by atoms with E-state index in [2.05, 4.69) is 27.8 Å². The molecule has 0 atom stereocenters. The van der Waals surface area contributed by atoms with Crippen LogP contribution in [0.1, 0.15) is 39.8 Å². The summed E-state index contributed by atoms with van der Waals surface area (Å²) in [5.74, 6) is -3.03. The lowest BCUT2D eigenvalue weighted by molar-refractivity contribution is -0.192. The molecule has 36 heavy (non-hydrogen) atoms. The maximum Gasteiger partial charge on any atom is 0.490 e. The first-order valence-electron chi connectivity index (χ1n) is 11.5. The Morgan fingerprint density at radius 3 is 2.69 bits per heavy atom. The molecule has 3 heterocycles. The number of carbonyl (C=O) groups is 2. The van der Waals surface area contributed by atoms with Crippen LogP contribution in [0.15, 0.2) is 36.0 Å². The lowest BCUT2D eigenvalue weighted by atomic mass is 9.90. The first-order chi connectivity index (χ1) is 17.2. The minimum absolute atomic E-state index is 0.274. The molecule has 1 aliphatic carbocycles. The van der Waals surface area contributed by atoms with Crippen LogP contribution < -0.4 is 5.32 Å². The lowest BCUT2D eigenvalue weighted by Crippen LogP contribution is -2.21. The number of pyridine rings is 1. The van der Waals surface area contributed by atoms with E-state index in [1.807, 2.05) is 23.9 Å². The van der Waals surface area contributed by atoms with Crippen molar-refractivity contribution >= 4 is 23.3 Å². The number of ether oxygens (including phenoxy) is 1. The van der Waals surface area contributed by atoms with Crippen LogP contribution in [0.4, 0.5) is 13.2 Å². The van der Waals surface area contributed by atoms with E-state index in [-0.39, 0.29) is 5.97 Å². The van der Waals surface area contributed by atoms with E-state index in [0.29, 0.717) is 18.8 Å². The molecule has 4 rings (SSSR count). The molecule has 12 heteroatoms. The van der Waals surface area contributed by atoms with Crippen molar-refractivity contribution in [2.45, 2.75) is 45.3 Å². The van der Waals surface area contributed by atoms with Crippen LogP contribution in [0.25, 0.3) is 11.3 Å². The second-order valence-electron chi connectivity index (χ2n) is 7.89. The monoisotopic (exact) mass is 524 g/mol. The second kappa shape index (κ2) is 12.6. The molecule has 8 nitrogen and oxygen atoms in total. The van der Waals surface area contributed by atoms with E-state index in [0.717, 1.165) is 55.6 Å². The predicted octanol–water partition coefficient (Wildman–Crippen LogP) is 4.14. The predicted molar refractivity (Wildman–Crippen MR) is 128 cm³/mol. The first-order valence-corrected chi connectivity index (χ1v) is 12.3. The molecular weight excluding hydrogens is 497 g/mol. The van der Waals surface area contributed by atoms with Crippen molar-refractivity contribution in [3.63, 3.8) is 0 Å². The van der Waals surface area contributed by atoms with E-state index in [1.165, 1.54) is 10.4 Å². The fourth-order valence-electron chi connectivity index (χ4n) is 3.80. The number of rotatable bonds is 9. The average Bonchev–Trinajstić information content (AvgIpc) is 3.49. The SMILES string of the molecule is CCOC(=O)c1c2c(nn1CCCNCCc1cccs1)-c1ccncc1CC2.O=C(O)C(F)(F)F. The topological polar surface area (TPSA) is 106 Å². The normalized spacial score (nSPS) is 12.2. The molecule has 0 radical (unpaired) electrons. The van der Waals surface area contributed by atoms with Crippen LogP contribution in [-0.2, 0) is 35.3 Å². The van der Waals surface area contributed by atoms with Crippen molar-refractivity contribution in [1.29, 1.82) is 0 Å². The molecule has 0 aliphatic heterocycles. The highest BCUT2D eigenvalue weighted by atomic mass is 32.1. The molecule has 0 saturated carbocycles. The van der Waals surface area contributed by atoms with Crippen molar-refractivity contribution in [3.05, 3.63) is 57.7 Å². The zero-order chi connectivity index (χ0) is 26.1. The van der Waals surface area contributed by atoms with Crippen LogP contribution in [0.2, 0.25) is 0 Å². The van der Waals surface area contributed by atoms with Gasteiger partial charge in [0.2, 0.25) is 0 Å². The maximum absolute atomic E-state index is 12.7. The van der Waals surface area contributed by atoms with E-state index in [9.17, 15) is 18.0 Å². The van der Waals surface area contributed by atoms with Gasteiger partial charge in [0.15, 0.2) is 0 Å². The lowest BCUT2D eigenvalue weighted by Gasteiger charge is -2.14. The molecule has 0 unspecified atom stereocenters. The number of nitrogens with one attached hydrogen (secondary N) is 1. The molecule has 0 aromatic carbocycles.